The van der Waals surface area contributed by atoms with Crippen molar-refractivity contribution in [2.75, 3.05) is 13.2 Å². The fourth-order valence-corrected chi connectivity index (χ4v) is 14.1. The van der Waals surface area contributed by atoms with E-state index in [-0.39, 0.29) is 59.9 Å². The fraction of sp³-hybridized carbons (Fsp3) is 0.946. The van der Waals surface area contributed by atoms with E-state index in [0.717, 1.165) is 51.4 Å². The molecular weight excluding hydrogens is 1160 g/mol. The van der Waals surface area contributed by atoms with Crippen LogP contribution in [0.15, 0.2) is 0 Å². The maximum Gasteiger partial charge on any atom is 0.311 e. The number of esters is 2. The maximum atomic E-state index is 13.4. The highest BCUT2D eigenvalue weighted by Crippen LogP contribution is 2.47. The van der Waals surface area contributed by atoms with Gasteiger partial charge in [-0.25, -0.2) is 0 Å². The minimum atomic E-state index is -1.93. The Balaban J connectivity index is 1.09. The number of ketones is 2. The number of hydrogen-bond acceptors (Lipinski definition) is 17. The molecular formula is C74H134O17. The molecule has 91 heavy (non-hydrogen) atoms. The standard InChI is InChI=1S/C74H134O17/c1-7-11-13-15-17-19-21-23-25-27-29-31-33-35-37-39-41-51(5)59(75)45-53-43-55(53)47-61(77)57(9-3)71(85)87-49-63-65(79)67(81)69(83)73(89-63)91-74-70(84)68(82)66(80)64(90-74)50-88-72(86)58(10-4)62(78)48-56-44-54(56)46-60(76)52(6)42-40-38-36-34-32-30-28-26-24-22-20-18-16-14-12-8-2/h51-58,61-70,73-74,77-84H,7-50H2,1-6H3/t51-,52-,53-,54-,55+,56+,57+,58+,61+,62+,63?,64?,65?,66?,67?,68?,69?,70?,73?,74?/m0/s1. The Labute approximate surface area is 550 Å². The number of carbonyl (C=O) groups is 4. The summed E-state index contributed by atoms with van der Waals surface area (Å²) in [5.41, 5.74) is 0. The van der Waals surface area contributed by atoms with Gasteiger partial charge in [0.05, 0.1) is 24.0 Å². The monoisotopic (exact) mass is 1290 g/mol. The molecule has 2 aliphatic heterocycles. The van der Waals surface area contributed by atoms with Crippen molar-refractivity contribution in [3.05, 3.63) is 0 Å². The van der Waals surface area contributed by atoms with Crippen molar-refractivity contribution in [1.29, 1.82) is 0 Å². The second-order valence-corrected chi connectivity index (χ2v) is 28.9. The molecule has 2 saturated heterocycles. The predicted octanol–water partition coefficient (Wildman–Crippen LogP) is 13.0. The van der Waals surface area contributed by atoms with Crippen molar-refractivity contribution >= 4 is 23.5 Å². The smallest absolute Gasteiger partial charge is 0.311 e. The van der Waals surface area contributed by atoms with Crippen LogP contribution in [0.4, 0.5) is 0 Å². The van der Waals surface area contributed by atoms with Gasteiger partial charge >= 0.3 is 11.9 Å². The van der Waals surface area contributed by atoms with Crippen molar-refractivity contribution in [2.24, 2.45) is 47.3 Å². The summed E-state index contributed by atoms with van der Waals surface area (Å²) in [7, 11) is 0. The molecule has 4 fully saturated rings. The minimum Gasteiger partial charge on any atom is -0.463 e. The van der Waals surface area contributed by atoms with E-state index in [1.165, 1.54) is 180 Å². The first-order valence-corrected chi connectivity index (χ1v) is 37.7. The van der Waals surface area contributed by atoms with Gasteiger partial charge in [0.1, 0.15) is 73.6 Å². The van der Waals surface area contributed by atoms with E-state index in [4.69, 9.17) is 23.7 Å². The summed E-state index contributed by atoms with van der Waals surface area (Å²) in [6.07, 6.45) is 27.2. The molecule has 2 aliphatic carbocycles. The largest absolute Gasteiger partial charge is 0.463 e. The summed E-state index contributed by atoms with van der Waals surface area (Å²) in [5.74, 6) is -2.44. The Morgan fingerprint density at radius 2 is 0.659 bits per heavy atom. The first-order chi connectivity index (χ1) is 43.9. The Morgan fingerprint density at radius 1 is 0.385 bits per heavy atom. The Kier molecular flexibility index (Phi) is 41.9. The SMILES string of the molecule is CCCCCCCCCCCCCCCCCC[C@H](C)C(=O)C[C@@H]1C[C@@H]1C[C@@H](O)[C@@H](CC)C(=O)OCC1OC(OC2OC(COC(=O)[C@H](CC)[C@H](O)C[C@H]3C[C@H]3CC(=O)[C@@H](C)CCCCCCCCCCCCCCCCCC)C(O)C(O)C2O)C(O)C(O)C1O. The number of hydrogen-bond donors (Lipinski definition) is 8. The molecule has 0 aromatic rings. The second kappa shape index (κ2) is 46.9. The van der Waals surface area contributed by atoms with Gasteiger partial charge in [-0.15, -0.1) is 0 Å². The number of aliphatic hydroxyl groups excluding tert-OH is 8. The highest BCUT2D eigenvalue weighted by molar-refractivity contribution is 5.81. The van der Waals surface area contributed by atoms with Crippen molar-refractivity contribution in [3.63, 3.8) is 0 Å². The average molecular weight is 1300 g/mol. The number of carbonyl (C=O) groups excluding carboxylic acids is 4. The highest BCUT2D eigenvalue weighted by atomic mass is 16.8. The van der Waals surface area contributed by atoms with E-state index < -0.39 is 111 Å². The van der Waals surface area contributed by atoms with Crippen molar-refractivity contribution in [2.45, 2.75) is 385 Å². The fourth-order valence-electron chi connectivity index (χ4n) is 14.1. The van der Waals surface area contributed by atoms with Crippen molar-refractivity contribution in [3.8, 4) is 0 Å². The van der Waals surface area contributed by atoms with Crippen LogP contribution < -0.4 is 0 Å². The zero-order valence-corrected chi connectivity index (χ0v) is 57.9. The lowest BCUT2D eigenvalue weighted by Crippen LogP contribution is -2.64. The molecule has 2 heterocycles. The third-order valence-corrected chi connectivity index (χ3v) is 21.0. The van der Waals surface area contributed by atoms with Gasteiger partial charge in [-0.3, -0.25) is 19.2 Å². The molecule has 8 N–H and O–H groups in total. The molecule has 0 radical (unpaired) electrons. The van der Waals surface area contributed by atoms with Crippen LogP contribution in [0.1, 0.15) is 311 Å². The van der Waals surface area contributed by atoms with E-state index in [1.54, 1.807) is 13.8 Å². The zero-order chi connectivity index (χ0) is 66.5. The van der Waals surface area contributed by atoms with Gasteiger partial charge in [0.2, 0.25) is 0 Å². The summed E-state index contributed by atoms with van der Waals surface area (Å²) >= 11 is 0. The summed E-state index contributed by atoms with van der Waals surface area (Å²) in [4.78, 5) is 53.2. The van der Waals surface area contributed by atoms with Gasteiger partial charge in [-0.1, -0.05) is 247 Å². The molecule has 2 saturated carbocycles. The molecule has 4 rings (SSSR count). The van der Waals surface area contributed by atoms with Crippen LogP contribution in [0, 0.1) is 47.3 Å². The first kappa shape index (κ1) is 81.3. The molecule has 20 atom stereocenters. The second-order valence-electron chi connectivity index (χ2n) is 28.9. The van der Waals surface area contributed by atoms with Gasteiger partial charge in [0.15, 0.2) is 12.6 Å². The molecule has 10 unspecified atom stereocenters. The van der Waals surface area contributed by atoms with E-state index in [1.807, 2.05) is 13.8 Å². The van der Waals surface area contributed by atoms with Crippen LogP contribution >= 0.6 is 0 Å². The molecule has 0 amide bonds. The van der Waals surface area contributed by atoms with Crippen LogP contribution in [0.3, 0.4) is 0 Å². The van der Waals surface area contributed by atoms with E-state index in [9.17, 15) is 60.0 Å². The third kappa shape index (κ3) is 31.3. The van der Waals surface area contributed by atoms with Crippen molar-refractivity contribution in [1.82, 2.24) is 0 Å². The first-order valence-electron chi connectivity index (χ1n) is 37.7. The summed E-state index contributed by atoms with van der Waals surface area (Å²) in [6.45, 7) is 10.8. The molecule has 0 bridgehead atoms. The number of unbranched alkanes of at least 4 members (excludes halogenated alkanes) is 30. The molecule has 0 aromatic carbocycles. The minimum absolute atomic E-state index is 0.0126. The molecule has 532 valence electrons. The Hall–Kier alpha value is -2.16. The average Bonchev–Trinajstić information content (AvgIpc) is 1.71. The summed E-state index contributed by atoms with van der Waals surface area (Å²) in [5, 5.41) is 87.8. The van der Waals surface area contributed by atoms with Gasteiger partial charge in [0, 0.05) is 24.7 Å². The highest BCUT2D eigenvalue weighted by Gasteiger charge is 2.51. The maximum absolute atomic E-state index is 13.4. The number of aliphatic hydroxyl groups is 8. The third-order valence-electron chi connectivity index (χ3n) is 21.0. The summed E-state index contributed by atoms with van der Waals surface area (Å²) < 4.78 is 28.3. The molecule has 0 spiro atoms. The number of ether oxygens (including phenoxy) is 5. The molecule has 4 aliphatic rings. The van der Waals surface area contributed by atoms with Crippen LogP contribution in [0.5, 0.6) is 0 Å². The lowest BCUT2D eigenvalue weighted by Gasteiger charge is -2.44. The summed E-state index contributed by atoms with van der Waals surface area (Å²) in [6, 6.07) is 0. The van der Waals surface area contributed by atoms with Crippen LogP contribution in [-0.4, -0.2) is 151 Å². The number of rotatable bonds is 56. The van der Waals surface area contributed by atoms with Crippen LogP contribution in [0.25, 0.3) is 0 Å². The van der Waals surface area contributed by atoms with E-state index >= 15 is 0 Å². The lowest BCUT2D eigenvalue weighted by molar-refractivity contribution is -0.376. The molecule has 0 aromatic heterocycles. The quantitative estimate of drug-likeness (QED) is 0.0208. The van der Waals surface area contributed by atoms with Crippen molar-refractivity contribution < 1.29 is 83.7 Å². The Morgan fingerprint density at radius 3 is 0.934 bits per heavy atom. The van der Waals surface area contributed by atoms with E-state index in [0.29, 0.717) is 25.7 Å². The van der Waals surface area contributed by atoms with Crippen LogP contribution in [0.2, 0.25) is 0 Å². The van der Waals surface area contributed by atoms with Gasteiger partial charge < -0.3 is 64.5 Å². The van der Waals surface area contributed by atoms with E-state index in [2.05, 4.69) is 13.8 Å². The van der Waals surface area contributed by atoms with Gasteiger partial charge in [-0.2, -0.15) is 0 Å². The zero-order valence-electron chi connectivity index (χ0n) is 57.9. The topological polar surface area (TPSA) is 276 Å². The predicted molar refractivity (Wildman–Crippen MR) is 354 cm³/mol. The van der Waals surface area contributed by atoms with Gasteiger partial charge in [0.25, 0.3) is 0 Å². The lowest BCUT2D eigenvalue weighted by atomic mass is 9.92. The molecule has 17 nitrogen and oxygen atoms in total. The Bertz CT molecular complexity index is 1790. The normalized spacial score (nSPS) is 28.4. The van der Waals surface area contributed by atoms with Gasteiger partial charge in [-0.05, 0) is 75.0 Å². The number of Topliss-reactive ketones (excluding diaryl/α,β-unsaturated/α-hetero) is 2. The molecule has 17 heteroatoms. The van der Waals surface area contributed by atoms with Crippen LogP contribution in [-0.2, 0) is 42.9 Å².